The first-order valence-corrected chi connectivity index (χ1v) is 6.95. The van der Waals surface area contributed by atoms with Gasteiger partial charge in [0.15, 0.2) is 5.76 Å². The molecule has 0 aromatic carbocycles. The van der Waals surface area contributed by atoms with Gasteiger partial charge in [-0.2, -0.15) is 5.10 Å². The average Bonchev–Trinajstić information content (AvgIpc) is 3.06. The summed E-state index contributed by atoms with van der Waals surface area (Å²) < 4.78 is 8.12. The fourth-order valence-corrected chi connectivity index (χ4v) is 1.99. The number of hydrogen-bond donors (Lipinski definition) is 1. The minimum Gasteiger partial charge on any atom is -0.454 e. The van der Waals surface area contributed by atoms with E-state index >= 15 is 0 Å². The highest BCUT2D eigenvalue weighted by Gasteiger charge is 2.20. The van der Waals surface area contributed by atoms with E-state index in [-0.39, 0.29) is 24.3 Å². The number of amides is 1. The van der Waals surface area contributed by atoms with Crippen molar-refractivity contribution in [2.75, 3.05) is 13.7 Å². The molecule has 0 spiro atoms. The Bertz CT molecular complexity index is 593. The highest BCUT2D eigenvalue weighted by atomic mass is 79.9. The van der Waals surface area contributed by atoms with Crippen LogP contribution in [0.25, 0.3) is 0 Å². The van der Waals surface area contributed by atoms with Crippen LogP contribution in [0.3, 0.4) is 0 Å². The second kappa shape index (κ2) is 6.23. The molecule has 20 heavy (non-hydrogen) atoms. The lowest BCUT2D eigenvalue weighted by Gasteiger charge is -2.21. The molecule has 1 N–H and O–H groups in total. The van der Waals surface area contributed by atoms with Crippen molar-refractivity contribution in [3.63, 3.8) is 0 Å². The molecule has 0 aliphatic rings. The van der Waals surface area contributed by atoms with Crippen molar-refractivity contribution >= 4 is 21.8 Å². The van der Waals surface area contributed by atoms with E-state index in [4.69, 9.17) is 9.52 Å². The Balaban J connectivity index is 2.07. The third-order valence-corrected chi connectivity index (χ3v) is 3.45. The van der Waals surface area contributed by atoms with E-state index in [0.29, 0.717) is 12.3 Å². The van der Waals surface area contributed by atoms with E-state index in [1.54, 1.807) is 37.0 Å². The molecule has 0 radical (unpaired) electrons. The molecule has 6 nitrogen and oxygen atoms in total. The van der Waals surface area contributed by atoms with Crippen molar-refractivity contribution in [2.24, 2.45) is 0 Å². The lowest BCUT2D eigenvalue weighted by Crippen LogP contribution is -2.37. The standard InChI is InChI=1S/C13H16BrN3O3/c1-9(8-18)16(2)13(19)12-4-3-11(20-12)7-17-6-10(14)5-15-17/h3-6,9,18H,7-8H2,1-2H3. The van der Waals surface area contributed by atoms with E-state index in [1.165, 1.54) is 4.90 Å². The minimum absolute atomic E-state index is 0.0862. The number of hydrogen-bond acceptors (Lipinski definition) is 4. The summed E-state index contributed by atoms with van der Waals surface area (Å²) in [5.74, 6) is 0.655. The smallest absolute Gasteiger partial charge is 0.289 e. The first-order valence-electron chi connectivity index (χ1n) is 6.16. The molecule has 108 valence electrons. The van der Waals surface area contributed by atoms with Gasteiger partial charge in [-0.1, -0.05) is 0 Å². The molecule has 0 saturated carbocycles. The SMILES string of the molecule is CC(CO)N(C)C(=O)c1ccc(Cn2cc(Br)cn2)o1. The summed E-state index contributed by atoms with van der Waals surface area (Å²) in [6, 6.07) is 3.13. The largest absolute Gasteiger partial charge is 0.454 e. The number of aliphatic hydroxyl groups is 1. The molecular weight excluding hydrogens is 326 g/mol. The average molecular weight is 342 g/mol. The topological polar surface area (TPSA) is 71.5 Å². The Kier molecular flexibility index (Phi) is 4.61. The highest BCUT2D eigenvalue weighted by Crippen LogP contribution is 2.14. The van der Waals surface area contributed by atoms with Crippen molar-refractivity contribution in [2.45, 2.75) is 19.5 Å². The van der Waals surface area contributed by atoms with Crippen LogP contribution in [0.15, 0.2) is 33.4 Å². The molecule has 2 aromatic heterocycles. The van der Waals surface area contributed by atoms with Crippen LogP contribution in [0.4, 0.5) is 0 Å². The molecular formula is C13H16BrN3O3. The zero-order valence-corrected chi connectivity index (χ0v) is 12.9. The van der Waals surface area contributed by atoms with Gasteiger partial charge in [-0.3, -0.25) is 9.48 Å². The first-order chi connectivity index (χ1) is 9.51. The third-order valence-electron chi connectivity index (χ3n) is 3.04. The maximum Gasteiger partial charge on any atom is 0.289 e. The van der Waals surface area contributed by atoms with Gasteiger partial charge in [0.1, 0.15) is 5.76 Å². The summed E-state index contributed by atoms with van der Waals surface area (Å²) >= 11 is 3.32. The monoisotopic (exact) mass is 341 g/mol. The summed E-state index contributed by atoms with van der Waals surface area (Å²) in [6.45, 7) is 2.14. The molecule has 1 amide bonds. The molecule has 0 aliphatic carbocycles. The predicted molar refractivity (Wildman–Crippen MR) is 76.4 cm³/mol. The van der Waals surface area contributed by atoms with Gasteiger partial charge in [0.2, 0.25) is 0 Å². The van der Waals surface area contributed by atoms with Gasteiger partial charge in [-0.25, -0.2) is 0 Å². The third kappa shape index (κ3) is 3.29. The van der Waals surface area contributed by atoms with Crippen molar-refractivity contribution in [1.82, 2.24) is 14.7 Å². The zero-order valence-electron chi connectivity index (χ0n) is 11.3. The fraction of sp³-hybridized carbons (Fsp3) is 0.385. The van der Waals surface area contributed by atoms with Gasteiger partial charge in [0.25, 0.3) is 5.91 Å². The van der Waals surface area contributed by atoms with Crippen LogP contribution in [0.2, 0.25) is 0 Å². The molecule has 2 aromatic rings. The summed E-state index contributed by atoms with van der Waals surface area (Å²) in [5, 5.41) is 13.2. The summed E-state index contributed by atoms with van der Waals surface area (Å²) in [4.78, 5) is 13.6. The predicted octanol–water partition coefficient (Wildman–Crippen LogP) is 1.74. The van der Waals surface area contributed by atoms with Crippen molar-refractivity contribution < 1.29 is 14.3 Å². The number of carbonyl (C=O) groups excluding carboxylic acids is 1. The van der Waals surface area contributed by atoms with E-state index in [0.717, 1.165) is 4.47 Å². The molecule has 0 fully saturated rings. The lowest BCUT2D eigenvalue weighted by molar-refractivity contribution is 0.0648. The van der Waals surface area contributed by atoms with Crippen LogP contribution in [0, 0.1) is 0 Å². The molecule has 0 saturated heterocycles. The number of carbonyl (C=O) groups is 1. The van der Waals surface area contributed by atoms with Crippen LogP contribution >= 0.6 is 15.9 Å². The van der Waals surface area contributed by atoms with Crippen LogP contribution in [-0.4, -0.2) is 45.4 Å². The van der Waals surface area contributed by atoms with Crippen molar-refractivity contribution in [3.05, 3.63) is 40.5 Å². The molecule has 2 rings (SSSR count). The van der Waals surface area contributed by atoms with E-state index in [1.807, 2.05) is 6.20 Å². The maximum atomic E-state index is 12.1. The van der Waals surface area contributed by atoms with E-state index < -0.39 is 0 Å². The van der Waals surface area contributed by atoms with Crippen molar-refractivity contribution in [1.29, 1.82) is 0 Å². The molecule has 2 heterocycles. The van der Waals surface area contributed by atoms with E-state index in [9.17, 15) is 4.79 Å². The molecule has 0 bridgehead atoms. The quantitative estimate of drug-likeness (QED) is 0.899. The molecule has 1 atom stereocenters. The van der Waals surface area contributed by atoms with Crippen LogP contribution in [0.1, 0.15) is 23.2 Å². The fourth-order valence-electron chi connectivity index (χ4n) is 1.66. The second-order valence-corrected chi connectivity index (χ2v) is 5.49. The second-order valence-electron chi connectivity index (χ2n) is 4.57. The number of furan rings is 1. The van der Waals surface area contributed by atoms with Gasteiger partial charge in [0, 0.05) is 13.2 Å². The minimum atomic E-state index is -0.252. The number of aromatic nitrogens is 2. The van der Waals surface area contributed by atoms with Gasteiger partial charge in [-0.05, 0) is 35.0 Å². The Morgan fingerprint density at radius 1 is 1.60 bits per heavy atom. The summed E-state index contributed by atoms with van der Waals surface area (Å²) in [5.41, 5.74) is 0. The van der Waals surface area contributed by atoms with Crippen LogP contribution < -0.4 is 0 Å². The van der Waals surface area contributed by atoms with Gasteiger partial charge >= 0.3 is 0 Å². The summed E-state index contributed by atoms with van der Waals surface area (Å²) in [7, 11) is 1.63. The number of rotatable bonds is 5. The number of nitrogens with zero attached hydrogens (tertiary/aromatic N) is 3. The molecule has 7 heteroatoms. The zero-order chi connectivity index (χ0) is 14.7. The van der Waals surface area contributed by atoms with Crippen molar-refractivity contribution in [3.8, 4) is 0 Å². The van der Waals surface area contributed by atoms with Gasteiger partial charge in [0.05, 0.1) is 29.9 Å². The van der Waals surface area contributed by atoms with Gasteiger partial charge < -0.3 is 14.4 Å². The lowest BCUT2D eigenvalue weighted by atomic mass is 10.3. The highest BCUT2D eigenvalue weighted by molar-refractivity contribution is 9.10. The van der Waals surface area contributed by atoms with Gasteiger partial charge in [-0.15, -0.1) is 0 Å². The number of aliphatic hydroxyl groups excluding tert-OH is 1. The number of likely N-dealkylation sites (N-methyl/N-ethyl adjacent to an activating group) is 1. The Morgan fingerprint density at radius 2 is 2.35 bits per heavy atom. The summed E-state index contributed by atoms with van der Waals surface area (Å²) in [6.07, 6.45) is 3.51. The first kappa shape index (κ1) is 14.8. The Morgan fingerprint density at radius 3 is 2.95 bits per heavy atom. The molecule has 0 aliphatic heterocycles. The Labute approximate surface area is 125 Å². The molecule has 1 unspecified atom stereocenters. The normalized spacial score (nSPS) is 12.4. The number of halogens is 1. The van der Waals surface area contributed by atoms with Crippen LogP contribution in [-0.2, 0) is 6.54 Å². The maximum absolute atomic E-state index is 12.1. The Hall–Kier alpha value is -1.60. The van der Waals surface area contributed by atoms with Crippen LogP contribution in [0.5, 0.6) is 0 Å². The van der Waals surface area contributed by atoms with E-state index in [2.05, 4.69) is 21.0 Å².